The fraction of sp³-hybridized carbons (Fsp3) is 0.296. The van der Waals surface area contributed by atoms with Crippen molar-refractivity contribution in [1.82, 2.24) is 9.58 Å². The van der Waals surface area contributed by atoms with Gasteiger partial charge < -0.3 is 4.57 Å². The third-order valence-corrected chi connectivity index (χ3v) is 7.97. The second-order valence-electron chi connectivity index (χ2n) is 9.60. The van der Waals surface area contributed by atoms with Gasteiger partial charge in [-0.05, 0) is 41.7 Å². The molecule has 2 amide bonds. The van der Waals surface area contributed by atoms with Crippen molar-refractivity contribution < 1.29 is 9.59 Å². The van der Waals surface area contributed by atoms with Crippen molar-refractivity contribution in [3.63, 3.8) is 0 Å². The number of rotatable bonds is 4. The van der Waals surface area contributed by atoms with Crippen LogP contribution in [-0.2, 0) is 16.1 Å². The number of amides is 2. The van der Waals surface area contributed by atoms with E-state index < -0.39 is 0 Å². The quantitative estimate of drug-likeness (QED) is 0.362. The highest BCUT2D eigenvalue weighted by Crippen LogP contribution is 2.65. The van der Waals surface area contributed by atoms with Crippen molar-refractivity contribution in [3.8, 4) is 0 Å². The SMILES string of the molecule is O=C1[C@H]2[C@@H]3C=C[C@H]([C@H]4C[C@H]34)[C@@H]2C(=O)N1/N=C/c1cn(Cc2ccccc2)c2ccccc12. The Morgan fingerprint density at radius 1 is 0.875 bits per heavy atom. The van der Waals surface area contributed by atoms with Crippen LogP contribution in [0.4, 0.5) is 0 Å². The van der Waals surface area contributed by atoms with Gasteiger partial charge in [0, 0.05) is 29.2 Å². The monoisotopic (exact) mass is 421 g/mol. The van der Waals surface area contributed by atoms with Crippen molar-refractivity contribution in [2.75, 3.05) is 0 Å². The molecular formula is C27H23N3O2. The average molecular weight is 422 g/mol. The van der Waals surface area contributed by atoms with Gasteiger partial charge in [0.25, 0.3) is 11.8 Å². The molecule has 2 bridgehead atoms. The maximum atomic E-state index is 13.2. The van der Waals surface area contributed by atoms with Crippen molar-refractivity contribution in [2.45, 2.75) is 13.0 Å². The Bertz CT molecular complexity index is 1290. The Labute approximate surface area is 186 Å². The number of hydrazone groups is 1. The zero-order valence-corrected chi connectivity index (χ0v) is 17.5. The molecule has 1 aromatic heterocycles. The number of imide groups is 1. The van der Waals surface area contributed by atoms with Gasteiger partial charge in [-0.15, -0.1) is 0 Å². The summed E-state index contributed by atoms with van der Waals surface area (Å²) in [6, 6.07) is 18.5. The lowest BCUT2D eigenvalue weighted by Crippen LogP contribution is -2.40. The van der Waals surface area contributed by atoms with E-state index in [1.807, 2.05) is 30.3 Å². The number of hydrogen-bond donors (Lipinski definition) is 0. The zero-order chi connectivity index (χ0) is 21.4. The van der Waals surface area contributed by atoms with Crippen LogP contribution in [0, 0.1) is 35.5 Å². The van der Waals surface area contributed by atoms with Crippen LogP contribution in [0.5, 0.6) is 0 Å². The number of aromatic nitrogens is 1. The number of carbonyl (C=O) groups excluding carboxylic acids is 2. The van der Waals surface area contributed by atoms with E-state index in [0.717, 1.165) is 28.0 Å². The molecule has 6 atom stereocenters. The van der Waals surface area contributed by atoms with E-state index in [9.17, 15) is 9.59 Å². The van der Waals surface area contributed by atoms with Crippen LogP contribution in [0.2, 0.25) is 0 Å². The van der Waals surface area contributed by atoms with E-state index in [1.165, 1.54) is 12.0 Å². The largest absolute Gasteiger partial charge is 0.342 e. The topological polar surface area (TPSA) is 54.7 Å². The van der Waals surface area contributed by atoms with Crippen LogP contribution in [0.1, 0.15) is 17.5 Å². The van der Waals surface area contributed by atoms with Crippen molar-refractivity contribution in [2.24, 2.45) is 40.6 Å². The number of benzene rings is 2. The molecule has 1 saturated heterocycles. The van der Waals surface area contributed by atoms with E-state index in [0.29, 0.717) is 11.8 Å². The normalized spacial score (nSPS) is 32.2. The minimum Gasteiger partial charge on any atom is -0.342 e. The Kier molecular flexibility index (Phi) is 3.69. The zero-order valence-electron chi connectivity index (χ0n) is 17.5. The van der Waals surface area contributed by atoms with Crippen LogP contribution in [0.25, 0.3) is 10.9 Å². The second-order valence-corrected chi connectivity index (χ2v) is 9.60. The smallest absolute Gasteiger partial charge is 0.254 e. The fourth-order valence-corrected chi connectivity index (χ4v) is 6.46. The maximum Gasteiger partial charge on any atom is 0.254 e. The maximum absolute atomic E-state index is 13.2. The van der Waals surface area contributed by atoms with Crippen molar-refractivity contribution in [3.05, 3.63) is 84.1 Å². The lowest BCUT2D eigenvalue weighted by Gasteiger charge is -2.37. The molecule has 4 aliphatic carbocycles. The van der Waals surface area contributed by atoms with Crippen LogP contribution in [0.15, 0.2) is 78.0 Å². The van der Waals surface area contributed by atoms with Crippen LogP contribution in [-0.4, -0.2) is 27.6 Å². The van der Waals surface area contributed by atoms with E-state index in [1.54, 1.807) is 6.21 Å². The van der Waals surface area contributed by atoms with E-state index in [2.05, 4.69) is 52.3 Å². The summed E-state index contributed by atoms with van der Waals surface area (Å²) in [7, 11) is 0. The highest BCUT2D eigenvalue weighted by Gasteiger charge is 2.67. The molecule has 32 heavy (non-hydrogen) atoms. The summed E-state index contributed by atoms with van der Waals surface area (Å²) in [5, 5.41) is 6.68. The fourth-order valence-electron chi connectivity index (χ4n) is 6.46. The number of hydrogen-bond acceptors (Lipinski definition) is 3. The molecule has 2 heterocycles. The number of allylic oxidation sites excluding steroid dienone is 2. The second kappa shape index (κ2) is 6.52. The van der Waals surface area contributed by atoms with Gasteiger partial charge in [-0.1, -0.05) is 60.7 Å². The minimum atomic E-state index is -0.210. The third kappa shape index (κ3) is 2.48. The van der Waals surface area contributed by atoms with Gasteiger partial charge in [0.15, 0.2) is 0 Å². The first-order valence-electron chi connectivity index (χ1n) is 11.4. The van der Waals surface area contributed by atoms with Crippen molar-refractivity contribution >= 4 is 28.9 Å². The summed E-state index contributed by atoms with van der Waals surface area (Å²) in [5.74, 6) is 0.989. The average Bonchev–Trinajstić information content (AvgIpc) is 3.54. The van der Waals surface area contributed by atoms with Crippen molar-refractivity contribution in [1.29, 1.82) is 0 Å². The van der Waals surface area contributed by atoms with Crippen LogP contribution >= 0.6 is 0 Å². The van der Waals surface area contributed by atoms with Gasteiger partial charge in [-0.3, -0.25) is 9.59 Å². The Hall–Kier alpha value is -3.47. The van der Waals surface area contributed by atoms with Gasteiger partial charge in [0.05, 0.1) is 18.1 Å². The first-order valence-corrected chi connectivity index (χ1v) is 11.4. The van der Waals surface area contributed by atoms with E-state index in [4.69, 9.17) is 0 Å². The highest BCUT2D eigenvalue weighted by atomic mass is 16.2. The molecule has 0 N–H and O–H groups in total. The molecule has 0 unspecified atom stereocenters. The summed E-state index contributed by atoms with van der Waals surface area (Å²) in [4.78, 5) is 26.4. The summed E-state index contributed by atoms with van der Waals surface area (Å²) in [5.41, 5.74) is 3.23. The van der Waals surface area contributed by atoms with Gasteiger partial charge >= 0.3 is 0 Å². The number of para-hydroxylation sites is 1. The van der Waals surface area contributed by atoms with Gasteiger partial charge in [-0.25, -0.2) is 0 Å². The molecule has 0 radical (unpaired) electrons. The molecule has 8 rings (SSSR count). The first-order chi connectivity index (χ1) is 15.7. The standard InChI is InChI=1S/C27H23N3O2/c31-26-24-19-10-11-20(22-12-21(19)22)25(24)27(32)30(26)28-13-17-15-29(14-16-6-2-1-3-7-16)23-9-5-4-8-18(17)23/h1-11,13,15,19-22,24-25H,12,14H2/b28-13+/t19-,20-,21-,22-,24+,25+/m1/s1. The molecule has 1 aliphatic heterocycles. The molecule has 5 nitrogen and oxygen atoms in total. The third-order valence-electron chi connectivity index (χ3n) is 7.97. The first kappa shape index (κ1) is 18.1. The minimum absolute atomic E-state index is 0.117. The van der Waals surface area contributed by atoms with Crippen LogP contribution < -0.4 is 0 Å². The summed E-state index contributed by atoms with van der Waals surface area (Å²) < 4.78 is 2.19. The summed E-state index contributed by atoms with van der Waals surface area (Å²) >= 11 is 0. The molecule has 5 aliphatic rings. The lowest BCUT2D eigenvalue weighted by atomic mass is 9.63. The summed E-state index contributed by atoms with van der Waals surface area (Å²) in [6.45, 7) is 0.749. The van der Waals surface area contributed by atoms with E-state index >= 15 is 0 Å². The molecule has 2 aromatic carbocycles. The Morgan fingerprint density at radius 3 is 2.25 bits per heavy atom. The number of fused-ring (bicyclic) bond motifs is 1. The van der Waals surface area contributed by atoms with Gasteiger partial charge in [-0.2, -0.15) is 10.1 Å². The van der Waals surface area contributed by atoms with E-state index in [-0.39, 0.29) is 35.5 Å². The number of carbonyl (C=O) groups is 2. The molecular weight excluding hydrogens is 398 g/mol. The molecule has 3 fully saturated rings. The van der Waals surface area contributed by atoms with Gasteiger partial charge in [0.1, 0.15) is 0 Å². The molecule has 5 heteroatoms. The lowest BCUT2D eigenvalue weighted by molar-refractivity contribution is -0.140. The summed E-state index contributed by atoms with van der Waals surface area (Å²) in [6.07, 6.45) is 9.29. The Morgan fingerprint density at radius 2 is 1.53 bits per heavy atom. The predicted octanol–water partition coefficient (Wildman–Crippen LogP) is 4.08. The van der Waals surface area contributed by atoms with Crippen LogP contribution in [0.3, 0.4) is 0 Å². The Balaban J connectivity index is 1.21. The number of nitrogens with zero attached hydrogens (tertiary/aromatic N) is 3. The van der Waals surface area contributed by atoms with Gasteiger partial charge in [0.2, 0.25) is 0 Å². The molecule has 3 aromatic rings. The molecule has 2 saturated carbocycles. The highest BCUT2D eigenvalue weighted by molar-refractivity contribution is 6.07. The molecule has 158 valence electrons. The molecule has 0 spiro atoms. The predicted molar refractivity (Wildman–Crippen MR) is 122 cm³/mol.